The number of hydrogen-bond acceptors (Lipinski definition) is 3. The normalized spacial score (nSPS) is 11.0. The summed E-state index contributed by atoms with van der Waals surface area (Å²) in [5.41, 5.74) is 3.49. The molecule has 0 saturated heterocycles. The number of fused-ring (bicyclic) bond motifs is 1. The van der Waals surface area contributed by atoms with Gasteiger partial charge < -0.3 is 10.1 Å². The first-order chi connectivity index (χ1) is 10.3. The van der Waals surface area contributed by atoms with E-state index in [-0.39, 0.29) is 5.75 Å². The zero-order valence-corrected chi connectivity index (χ0v) is 11.1. The Balaban J connectivity index is 1.83. The van der Waals surface area contributed by atoms with E-state index >= 15 is 0 Å². The first-order valence-corrected chi connectivity index (χ1v) is 6.59. The summed E-state index contributed by atoms with van der Waals surface area (Å²) in [5.74, 6) is 0.235. The Bertz CT molecular complexity index is 923. The lowest BCUT2D eigenvalue weighted by atomic mass is 10.1. The minimum Gasteiger partial charge on any atom is -0.508 e. The summed E-state index contributed by atoms with van der Waals surface area (Å²) in [6.45, 7) is 0. The summed E-state index contributed by atoms with van der Waals surface area (Å²) in [5, 5.41) is 15.2. The summed E-state index contributed by atoms with van der Waals surface area (Å²) in [6.07, 6.45) is 5.52. The first-order valence-electron chi connectivity index (χ1n) is 6.59. The summed E-state index contributed by atoms with van der Waals surface area (Å²) in [6, 6.07) is 12.9. The number of phenolic OH excluding ortho intramolecular Hbond substituents is 1. The van der Waals surface area contributed by atoms with Crippen molar-refractivity contribution in [2.45, 2.75) is 0 Å². The molecular formula is C16H12N4O. The Morgan fingerprint density at radius 2 is 2.05 bits per heavy atom. The van der Waals surface area contributed by atoms with Crippen molar-refractivity contribution in [3.63, 3.8) is 0 Å². The van der Waals surface area contributed by atoms with Crippen molar-refractivity contribution in [1.29, 1.82) is 0 Å². The maximum Gasteiger partial charge on any atom is 0.139 e. The zero-order valence-electron chi connectivity index (χ0n) is 11.1. The van der Waals surface area contributed by atoms with Crippen molar-refractivity contribution < 1.29 is 5.11 Å². The van der Waals surface area contributed by atoms with Crippen LogP contribution in [0.25, 0.3) is 28.0 Å². The molecule has 0 unspecified atom stereocenters. The van der Waals surface area contributed by atoms with Crippen LogP contribution in [-0.4, -0.2) is 24.9 Å². The van der Waals surface area contributed by atoms with E-state index in [9.17, 15) is 5.11 Å². The third kappa shape index (κ3) is 1.95. The molecule has 0 atom stereocenters. The van der Waals surface area contributed by atoms with E-state index in [1.54, 1.807) is 24.4 Å². The van der Waals surface area contributed by atoms with Crippen molar-refractivity contribution in [2.24, 2.45) is 0 Å². The Kier molecular flexibility index (Phi) is 2.50. The van der Waals surface area contributed by atoms with Crippen LogP contribution in [0, 0.1) is 0 Å². The number of nitrogens with zero attached hydrogens (tertiary/aromatic N) is 3. The molecular weight excluding hydrogens is 264 g/mol. The van der Waals surface area contributed by atoms with Crippen molar-refractivity contribution in [2.75, 3.05) is 0 Å². The smallest absolute Gasteiger partial charge is 0.139 e. The van der Waals surface area contributed by atoms with Gasteiger partial charge in [-0.25, -0.2) is 9.67 Å². The van der Waals surface area contributed by atoms with E-state index in [1.807, 2.05) is 41.3 Å². The molecule has 0 radical (unpaired) electrons. The van der Waals surface area contributed by atoms with Gasteiger partial charge in [0.2, 0.25) is 0 Å². The molecule has 0 saturated carbocycles. The molecule has 0 amide bonds. The lowest BCUT2D eigenvalue weighted by molar-refractivity contribution is 0.475. The Morgan fingerprint density at radius 3 is 2.95 bits per heavy atom. The van der Waals surface area contributed by atoms with Crippen LogP contribution in [0.4, 0.5) is 0 Å². The molecule has 0 fully saturated rings. The monoisotopic (exact) mass is 276 g/mol. The molecule has 0 aliphatic rings. The lowest BCUT2D eigenvalue weighted by Gasteiger charge is -2.03. The van der Waals surface area contributed by atoms with Crippen LogP contribution < -0.4 is 0 Å². The molecule has 4 aromatic rings. The predicted molar refractivity (Wildman–Crippen MR) is 80.3 cm³/mol. The van der Waals surface area contributed by atoms with Crippen LogP contribution in [0.5, 0.6) is 5.75 Å². The van der Waals surface area contributed by atoms with Crippen LogP contribution in [0.1, 0.15) is 0 Å². The fourth-order valence-corrected chi connectivity index (χ4v) is 2.42. The van der Waals surface area contributed by atoms with Crippen LogP contribution in [0.2, 0.25) is 0 Å². The van der Waals surface area contributed by atoms with Crippen molar-refractivity contribution in [3.05, 3.63) is 61.1 Å². The summed E-state index contributed by atoms with van der Waals surface area (Å²) >= 11 is 0. The van der Waals surface area contributed by atoms with E-state index < -0.39 is 0 Å². The molecule has 21 heavy (non-hydrogen) atoms. The second kappa shape index (κ2) is 4.49. The van der Waals surface area contributed by atoms with Gasteiger partial charge in [-0.3, -0.25) is 0 Å². The summed E-state index contributed by atoms with van der Waals surface area (Å²) < 4.78 is 1.82. The highest BCUT2D eigenvalue weighted by Gasteiger charge is 2.08. The van der Waals surface area contributed by atoms with Crippen LogP contribution >= 0.6 is 0 Å². The molecule has 0 bridgehead atoms. The maximum absolute atomic E-state index is 9.56. The van der Waals surface area contributed by atoms with Crippen LogP contribution in [-0.2, 0) is 0 Å². The number of rotatable bonds is 2. The number of benzene rings is 1. The number of aromatic nitrogens is 4. The molecule has 5 heteroatoms. The summed E-state index contributed by atoms with van der Waals surface area (Å²) in [7, 11) is 0. The molecule has 5 nitrogen and oxygen atoms in total. The van der Waals surface area contributed by atoms with Crippen LogP contribution in [0.3, 0.4) is 0 Å². The highest BCUT2D eigenvalue weighted by Crippen LogP contribution is 2.24. The zero-order chi connectivity index (χ0) is 14.2. The predicted octanol–water partition coefficient (Wildman–Crippen LogP) is 3.12. The number of aromatic amines is 1. The fourth-order valence-electron chi connectivity index (χ4n) is 2.42. The third-order valence-electron chi connectivity index (χ3n) is 3.41. The minimum atomic E-state index is 0.235. The average molecular weight is 276 g/mol. The number of nitrogens with one attached hydrogen (secondary N) is 1. The van der Waals surface area contributed by atoms with E-state index in [1.165, 1.54) is 0 Å². The Hall–Kier alpha value is -3.08. The molecule has 2 N–H and O–H groups in total. The molecule has 102 valence electrons. The molecule has 4 rings (SSSR count). The second-order valence-electron chi connectivity index (χ2n) is 4.77. The van der Waals surface area contributed by atoms with Crippen molar-refractivity contribution >= 4 is 11.0 Å². The molecule has 1 aromatic carbocycles. The van der Waals surface area contributed by atoms with Crippen LogP contribution in [0.15, 0.2) is 61.1 Å². The quantitative estimate of drug-likeness (QED) is 0.591. The highest BCUT2D eigenvalue weighted by molar-refractivity contribution is 5.84. The molecule has 0 spiro atoms. The molecule has 0 aliphatic heterocycles. The van der Waals surface area contributed by atoms with Gasteiger partial charge in [0.15, 0.2) is 0 Å². The van der Waals surface area contributed by atoms with Crippen molar-refractivity contribution in [3.8, 4) is 22.7 Å². The third-order valence-corrected chi connectivity index (χ3v) is 3.41. The average Bonchev–Trinajstić information content (AvgIpc) is 3.16. The minimum absolute atomic E-state index is 0.235. The Labute approximate surface area is 120 Å². The topological polar surface area (TPSA) is 66.7 Å². The van der Waals surface area contributed by atoms with E-state index in [0.717, 1.165) is 28.0 Å². The number of H-pyrrole nitrogens is 1. The SMILES string of the molecule is Oc1cccc(-c2ccn(-c3ccnc4[nH]ccc34)n2)c1. The van der Waals surface area contributed by atoms with Crippen molar-refractivity contribution in [1.82, 2.24) is 19.7 Å². The maximum atomic E-state index is 9.56. The van der Waals surface area contributed by atoms with Gasteiger partial charge in [-0.05, 0) is 30.3 Å². The highest BCUT2D eigenvalue weighted by atomic mass is 16.3. The largest absolute Gasteiger partial charge is 0.508 e. The first kappa shape index (κ1) is 11.7. The van der Waals surface area contributed by atoms with Gasteiger partial charge >= 0.3 is 0 Å². The molecule has 0 aliphatic carbocycles. The standard InChI is InChI=1S/C16H12N4O/c21-12-3-1-2-11(10-12)14-6-9-20(19-14)15-5-8-18-16-13(15)4-7-17-16/h1-10,21H,(H,17,18). The van der Waals surface area contributed by atoms with Gasteiger partial charge in [-0.15, -0.1) is 0 Å². The number of hydrogen-bond donors (Lipinski definition) is 2. The van der Waals surface area contributed by atoms with E-state index in [2.05, 4.69) is 15.1 Å². The van der Waals surface area contributed by atoms with E-state index in [4.69, 9.17) is 0 Å². The number of pyridine rings is 1. The van der Waals surface area contributed by atoms with Gasteiger partial charge in [0.1, 0.15) is 11.4 Å². The van der Waals surface area contributed by atoms with Gasteiger partial charge in [-0.2, -0.15) is 5.10 Å². The fraction of sp³-hybridized carbons (Fsp3) is 0. The molecule has 3 aromatic heterocycles. The number of aromatic hydroxyl groups is 1. The number of phenols is 1. The van der Waals surface area contributed by atoms with Gasteiger partial charge in [0, 0.05) is 29.5 Å². The van der Waals surface area contributed by atoms with Gasteiger partial charge in [-0.1, -0.05) is 12.1 Å². The second-order valence-corrected chi connectivity index (χ2v) is 4.77. The van der Waals surface area contributed by atoms with E-state index in [0.29, 0.717) is 0 Å². The van der Waals surface area contributed by atoms with Gasteiger partial charge in [0.05, 0.1) is 11.4 Å². The Morgan fingerprint density at radius 1 is 1.10 bits per heavy atom. The molecule has 3 heterocycles. The van der Waals surface area contributed by atoms with Gasteiger partial charge in [0.25, 0.3) is 0 Å². The lowest BCUT2D eigenvalue weighted by Crippen LogP contribution is -1.96. The summed E-state index contributed by atoms with van der Waals surface area (Å²) in [4.78, 5) is 7.36.